The fourth-order valence-electron chi connectivity index (χ4n) is 3.87. The third-order valence-electron chi connectivity index (χ3n) is 5.67. The molecule has 0 bridgehead atoms. The van der Waals surface area contributed by atoms with Crippen LogP contribution in [0, 0.1) is 0 Å². The zero-order chi connectivity index (χ0) is 24.1. The van der Waals surface area contributed by atoms with Crippen molar-refractivity contribution >= 4 is 27.4 Å². The number of rotatable bonds is 7. The van der Waals surface area contributed by atoms with Crippen molar-refractivity contribution in [2.45, 2.75) is 24.3 Å². The van der Waals surface area contributed by atoms with E-state index in [4.69, 9.17) is 9.47 Å². The van der Waals surface area contributed by atoms with Crippen LogP contribution in [-0.2, 0) is 23.0 Å². The second-order valence-corrected chi connectivity index (χ2v) is 9.72. The first-order valence-electron chi connectivity index (χ1n) is 10.9. The number of fused-ring (bicyclic) bond motifs is 1. The monoisotopic (exact) mass is 481 g/mol. The maximum Gasteiger partial charge on any atom is 0.319 e. The Morgan fingerprint density at radius 3 is 2.24 bits per heavy atom. The summed E-state index contributed by atoms with van der Waals surface area (Å²) in [5, 5.41) is 5.65. The van der Waals surface area contributed by atoms with Crippen molar-refractivity contribution in [3.8, 4) is 11.5 Å². The second-order valence-electron chi connectivity index (χ2n) is 7.86. The van der Waals surface area contributed by atoms with Gasteiger partial charge in [-0.15, -0.1) is 0 Å². The van der Waals surface area contributed by atoms with Crippen LogP contribution in [0.5, 0.6) is 11.5 Å². The largest absolute Gasteiger partial charge is 0.497 e. The second kappa shape index (κ2) is 10.0. The van der Waals surface area contributed by atoms with E-state index >= 15 is 0 Å². The Labute approximate surface area is 199 Å². The molecule has 0 unspecified atom stereocenters. The van der Waals surface area contributed by atoms with Crippen LogP contribution in [0.15, 0.2) is 71.6 Å². The highest BCUT2D eigenvalue weighted by Crippen LogP contribution is 2.34. The summed E-state index contributed by atoms with van der Waals surface area (Å²) in [4.78, 5) is 12.6. The molecule has 8 nitrogen and oxygen atoms in total. The average molecular weight is 482 g/mol. The van der Waals surface area contributed by atoms with Crippen molar-refractivity contribution in [3.63, 3.8) is 0 Å². The molecule has 1 aliphatic rings. The minimum absolute atomic E-state index is 0.210. The molecule has 1 heterocycles. The molecule has 0 radical (unpaired) electrons. The lowest BCUT2D eigenvalue weighted by Gasteiger charge is -2.31. The van der Waals surface area contributed by atoms with E-state index in [1.54, 1.807) is 43.5 Å². The Bertz CT molecular complexity index is 1260. The van der Waals surface area contributed by atoms with Crippen LogP contribution in [0.3, 0.4) is 0 Å². The molecule has 34 heavy (non-hydrogen) atoms. The summed E-state index contributed by atoms with van der Waals surface area (Å²) >= 11 is 0. The van der Waals surface area contributed by atoms with Gasteiger partial charge < -0.3 is 20.1 Å². The first kappa shape index (κ1) is 23.4. The van der Waals surface area contributed by atoms with Crippen molar-refractivity contribution in [1.82, 2.24) is 5.32 Å². The van der Waals surface area contributed by atoms with Gasteiger partial charge in [-0.2, -0.15) is 0 Å². The van der Waals surface area contributed by atoms with E-state index in [2.05, 4.69) is 10.6 Å². The number of hydrogen-bond donors (Lipinski definition) is 2. The lowest BCUT2D eigenvalue weighted by atomic mass is 10.0. The first-order valence-corrected chi connectivity index (χ1v) is 12.3. The Hall–Kier alpha value is -3.72. The van der Waals surface area contributed by atoms with Gasteiger partial charge in [-0.05, 0) is 78.6 Å². The van der Waals surface area contributed by atoms with Crippen molar-refractivity contribution in [2.75, 3.05) is 30.4 Å². The van der Waals surface area contributed by atoms with E-state index in [-0.39, 0.29) is 10.9 Å². The summed E-state index contributed by atoms with van der Waals surface area (Å²) < 4.78 is 38.2. The minimum Gasteiger partial charge on any atom is -0.497 e. The van der Waals surface area contributed by atoms with E-state index in [0.717, 1.165) is 23.3 Å². The molecule has 1 aliphatic heterocycles. The minimum atomic E-state index is -3.71. The molecule has 0 saturated heterocycles. The smallest absolute Gasteiger partial charge is 0.319 e. The molecule has 0 fully saturated rings. The van der Waals surface area contributed by atoms with Crippen LogP contribution >= 0.6 is 0 Å². The molecule has 9 heteroatoms. The highest BCUT2D eigenvalue weighted by atomic mass is 32.2. The van der Waals surface area contributed by atoms with Crippen molar-refractivity contribution in [3.05, 3.63) is 77.9 Å². The summed E-state index contributed by atoms with van der Waals surface area (Å²) in [6, 6.07) is 18.8. The average Bonchev–Trinajstić information content (AvgIpc) is 2.87. The number of methoxy groups -OCH3 is 2. The van der Waals surface area contributed by atoms with Gasteiger partial charge in [-0.25, -0.2) is 13.2 Å². The van der Waals surface area contributed by atoms with Crippen LogP contribution < -0.4 is 24.4 Å². The number of carbonyl (C=O) groups excluding carboxylic acids is 1. The Morgan fingerprint density at radius 2 is 1.59 bits per heavy atom. The third kappa shape index (κ3) is 5.09. The molecule has 3 aromatic carbocycles. The molecule has 0 aromatic heterocycles. The van der Waals surface area contributed by atoms with Crippen LogP contribution in [0.4, 0.5) is 16.2 Å². The van der Waals surface area contributed by atoms with Crippen LogP contribution in [-0.4, -0.2) is 35.2 Å². The molecule has 0 saturated carbocycles. The van der Waals surface area contributed by atoms with E-state index in [1.807, 2.05) is 30.3 Å². The summed E-state index contributed by atoms with van der Waals surface area (Å²) in [7, 11) is -0.570. The van der Waals surface area contributed by atoms with Crippen LogP contribution in [0.25, 0.3) is 0 Å². The van der Waals surface area contributed by atoms with Gasteiger partial charge in [-0.1, -0.05) is 12.1 Å². The van der Waals surface area contributed by atoms with Gasteiger partial charge in [0, 0.05) is 18.8 Å². The third-order valence-corrected chi connectivity index (χ3v) is 7.50. The maximum atomic E-state index is 13.3. The van der Waals surface area contributed by atoms with Crippen molar-refractivity contribution < 1.29 is 22.7 Å². The number of amides is 2. The van der Waals surface area contributed by atoms with Gasteiger partial charge >= 0.3 is 6.03 Å². The number of nitrogens with zero attached hydrogens (tertiary/aromatic N) is 1. The zero-order valence-electron chi connectivity index (χ0n) is 19.1. The van der Waals surface area contributed by atoms with Crippen molar-refractivity contribution in [1.29, 1.82) is 0 Å². The molecule has 0 spiro atoms. The Kier molecular flexibility index (Phi) is 6.93. The number of urea groups is 1. The topological polar surface area (TPSA) is 97.0 Å². The van der Waals surface area contributed by atoms with Gasteiger partial charge in [0.25, 0.3) is 10.0 Å². The summed E-state index contributed by atoms with van der Waals surface area (Å²) in [5.74, 6) is 1.35. The lowest BCUT2D eigenvalue weighted by molar-refractivity contribution is 0.251. The quantitative estimate of drug-likeness (QED) is 0.528. The predicted octanol–water partition coefficient (Wildman–Crippen LogP) is 4.17. The number of anilines is 2. The number of sulfonamides is 1. The zero-order valence-corrected chi connectivity index (χ0v) is 19.9. The molecular formula is C25H27N3O5S. The van der Waals surface area contributed by atoms with Gasteiger partial charge in [0.1, 0.15) is 11.5 Å². The standard InChI is InChI=1S/C25H27N3O5S/c1-32-21-8-5-18(6-9-21)17-26-25(29)27-20-7-14-24-19(16-20)4-3-15-28(24)34(30,31)23-12-10-22(33-2)11-13-23/h5-14,16H,3-4,15,17H2,1-2H3,(H2,26,27,29). The van der Waals surface area contributed by atoms with Gasteiger partial charge in [-0.3, -0.25) is 4.31 Å². The first-order chi connectivity index (χ1) is 16.4. The Morgan fingerprint density at radius 1 is 0.941 bits per heavy atom. The van der Waals surface area contributed by atoms with E-state index in [0.29, 0.717) is 36.6 Å². The SMILES string of the molecule is COc1ccc(CNC(=O)Nc2ccc3c(c2)CCCN3S(=O)(=O)c2ccc(OC)cc2)cc1. The number of aryl methyl sites for hydroxylation is 1. The molecule has 2 N–H and O–H groups in total. The number of nitrogens with one attached hydrogen (secondary N) is 2. The number of benzene rings is 3. The molecular weight excluding hydrogens is 454 g/mol. The summed E-state index contributed by atoms with van der Waals surface area (Å²) in [6.07, 6.45) is 1.42. The van der Waals surface area contributed by atoms with E-state index < -0.39 is 10.0 Å². The number of ether oxygens (including phenoxy) is 2. The molecule has 2 amide bonds. The molecule has 0 aliphatic carbocycles. The molecule has 4 rings (SSSR count). The van der Waals surface area contributed by atoms with Crippen molar-refractivity contribution in [2.24, 2.45) is 0 Å². The lowest BCUT2D eigenvalue weighted by Crippen LogP contribution is -2.35. The Balaban J connectivity index is 1.45. The summed E-state index contributed by atoms with van der Waals surface area (Å²) in [6.45, 7) is 0.769. The molecule has 0 atom stereocenters. The highest BCUT2D eigenvalue weighted by molar-refractivity contribution is 7.92. The fraction of sp³-hybridized carbons (Fsp3) is 0.240. The van der Waals surface area contributed by atoms with Gasteiger partial charge in [0.05, 0.1) is 24.8 Å². The normalized spacial score (nSPS) is 13.1. The van der Waals surface area contributed by atoms with E-state index in [1.165, 1.54) is 11.4 Å². The van der Waals surface area contributed by atoms with Gasteiger partial charge in [0.15, 0.2) is 0 Å². The molecule has 3 aromatic rings. The van der Waals surface area contributed by atoms with Crippen LogP contribution in [0.1, 0.15) is 17.5 Å². The molecule has 178 valence electrons. The maximum absolute atomic E-state index is 13.3. The highest BCUT2D eigenvalue weighted by Gasteiger charge is 2.29. The number of hydrogen-bond acceptors (Lipinski definition) is 5. The van der Waals surface area contributed by atoms with Crippen LogP contribution in [0.2, 0.25) is 0 Å². The van der Waals surface area contributed by atoms with E-state index in [9.17, 15) is 13.2 Å². The summed E-state index contributed by atoms with van der Waals surface area (Å²) in [5.41, 5.74) is 3.05. The fourth-order valence-corrected chi connectivity index (χ4v) is 5.41. The predicted molar refractivity (Wildman–Crippen MR) is 131 cm³/mol. The number of carbonyl (C=O) groups is 1. The van der Waals surface area contributed by atoms with Gasteiger partial charge in [0.2, 0.25) is 0 Å².